The van der Waals surface area contributed by atoms with Crippen molar-refractivity contribution in [2.75, 3.05) is 13.1 Å². The van der Waals surface area contributed by atoms with Crippen LogP contribution in [0.15, 0.2) is 41.9 Å². The predicted molar refractivity (Wildman–Crippen MR) is 74.2 cm³/mol. The molecule has 0 unspecified atom stereocenters. The fourth-order valence-corrected chi connectivity index (χ4v) is 1.46. The fraction of sp³-hybridized carbons (Fsp3) is 0.357. The highest BCUT2D eigenvalue weighted by Crippen LogP contribution is 2.07. The van der Waals surface area contributed by atoms with Crippen molar-refractivity contribution in [2.45, 2.75) is 20.4 Å². The molecule has 3 nitrogen and oxygen atoms in total. The second-order valence-electron chi connectivity index (χ2n) is 3.79. The molecule has 1 rings (SSSR count). The molecule has 0 atom stereocenters. The van der Waals surface area contributed by atoms with E-state index in [-0.39, 0.29) is 0 Å². The molecule has 17 heavy (non-hydrogen) atoms. The summed E-state index contributed by atoms with van der Waals surface area (Å²) in [4.78, 5) is 4.53. The summed E-state index contributed by atoms with van der Waals surface area (Å²) in [5.74, 6) is 0.829. The molecule has 0 amide bonds. The van der Waals surface area contributed by atoms with Gasteiger partial charge in [-0.05, 0) is 25.0 Å². The minimum atomic E-state index is 0.694. The maximum Gasteiger partial charge on any atom is 0.191 e. The van der Waals surface area contributed by atoms with E-state index in [0.717, 1.165) is 19.0 Å². The van der Waals surface area contributed by atoms with Gasteiger partial charge in [0.15, 0.2) is 5.96 Å². The Balaban J connectivity index is 2.64. The number of aliphatic imine (C=N–C) groups is 1. The Kier molecular flexibility index (Phi) is 5.86. The average molecular weight is 231 g/mol. The van der Waals surface area contributed by atoms with Crippen LogP contribution in [-0.4, -0.2) is 19.0 Å². The zero-order chi connectivity index (χ0) is 12.5. The van der Waals surface area contributed by atoms with E-state index < -0.39 is 0 Å². The van der Waals surface area contributed by atoms with Gasteiger partial charge >= 0.3 is 0 Å². The molecule has 0 heterocycles. The lowest BCUT2D eigenvalue weighted by Gasteiger charge is -2.10. The van der Waals surface area contributed by atoms with Crippen LogP contribution in [0, 0.1) is 6.92 Å². The predicted octanol–water partition coefficient (Wildman–Crippen LogP) is 2.24. The fourth-order valence-electron chi connectivity index (χ4n) is 1.46. The van der Waals surface area contributed by atoms with Gasteiger partial charge in [-0.1, -0.05) is 30.3 Å². The zero-order valence-electron chi connectivity index (χ0n) is 10.7. The van der Waals surface area contributed by atoms with Crippen LogP contribution in [-0.2, 0) is 6.54 Å². The molecular formula is C14H21N3. The Morgan fingerprint density at radius 2 is 2.12 bits per heavy atom. The molecule has 0 aliphatic heterocycles. The summed E-state index contributed by atoms with van der Waals surface area (Å²) in [6.45, 7) is 10.1. The first-order valence-electron chi connectivity index (χ1n) is 5.95. The summed E-state index contributed by atoms with van der Waals surface area (Å²) >= 11 is 0. The van der Waals surface area contributed by atoms with Gasteiger partial charge in [0.1, 0.15) is 0 Å². The lowest BCUT2D eigenvalue weighted by atomic mass is 10.1. The molecular weight excluding hydrogens is 210 g/mol. The number of nitrogens with one attached hydrogen (secondary N) is 2. The molecule has 0 bridgehead atoms. The largest absolute Gasteiger partial charge is 0.357 e. The summed E-state index contributed by atoms with van der Waals surface area (Å²) in [6.07, 6.45) is 1.82. The molecule has 1 aromatic carbocycles. The second kappa shape index (κ2) is 7.49. The molecule has 0 spiro atoms. The molecule has 0 fully saturated rings. The van der Waals surface area contributed by atoms with Crippen molar-refractivity contribution >= 4 is 5.96 Å². The molecule has 1 aromatic rings. The normalized spacial score (nSPS) is 11.1. The number of hydrogen-bond donors (Lipinski definition) is 2. The smallest absolute Gasteiger partial charge is 0.191 e. The van der Waals surface area contributed by atoms with Crippen LogP contribution in [0.25, 0.3) is 0 Å². The van der Waals surface area contributed by atoms with Crippen LogP contribution in [0.5, 0.6) is 0 Å². The molecule has 0 aliphatic carbocycles. The Labute approximate surface area is 104 Å². The lowest BCUT2D eigenvalue weighted by Crippen LogP contribution is -2.37. The Morgan fingerprint density at radius 3 is 2.76 bits per heavy atom. The van der Waals surface area contributed by atoms with E-state index in [9.17, 15) is 0 Å². The van der Waals surface area contributed by atoms with Gasteiger partial charge in [0.25, 0.3) is 0 Å². The Hall–Kier alpha value is -1.77. The van der Waals surface area contributed by atoms with Crippen LogP contribution in [0.4, 0.5) is 0 Å². The minimum absolute atomic E-state index is 0.694. The second-order valence-corrected chi connectivity index (χ2v) is 3.79. The van der Waals surface area contributed by atoms with Crippen LogP contribution in [0.1, 0.15) is 18.1 Å². The van der Waals surface area contributed by atoms with Crippen LogP contribution < -0.4 is 10.6 Å². The molecule has 0 aromatic heterocycles. The summed E-state index contributed by atoms with van der Waals surface area (Å²) in [5.41, 5.74) is 2.53. The molecule has 0 saturated carbocycles. The van der Waals surface area contributed by atoms with Gasteiger partial charge < -0.3 is 10.6 Å². The summed E-state index contributed by atoms with van der Waals surface area (Å²) in [6, 6.07) is 8.30. The maximum atomic E-state index is 4.53. The first-order valence-corrected chi connectivity index (χ1v) is 5.95. The number of benzene rings is 1. The number of rotatable bonds is 5. The van der Waals surface area contributed by atoms with Crippen molar-refractivity contribution < 1.29 is 0 Å². The highest BCUT2D eigenvalue weighted by atomic mass is 15.2. The zero-order valence-corrected chi connectivity index (χ0v) is 10.7. The molecule has 92 valence electrons. The highest BCUT2D eigenvalue weighted by molar-refractivity contribution is 5.79. The van der Waals surface area contributed by atoms with Gasteiger partial charge in [-0.2, -0.15) is 0 Å². The van der Waals surface area contributed by atoms with Crippen molar-refractivity contribution in [3.63, 3.8) is 0 Å². The third-order valence-electron chi connectivity index (χ3n) is 2.43. The third kappa shape index (κ3) is 4.72. The van der Waals surface area contributed by atoms with E-state index in [2.05, 4.69) is 48.2 Å². The van der Waals surface area contributed by atoms with Gasteiger partial charge in [-0.25, -0.2) is 4.99 Å². The molecule has 0 radical (unpaired) electrons. The Morgan fingerprint density at radius 1 is 1.35 bits per heavy atom. The van der Waals surface area contributed by atoms with E-state index in [4.69, 9.17) is 0 Å². The number of nitrogens with zero attached hydrogens (tertiary/aromatic N) is 1. The van der Waals surface area contributed by atoms with E-state index in [0.29, 0.717) is 6.54 Å². The van der Waals surface area contributed by atoms with Gasteiger partial charge in [-0.15, -0.1) is 6.58 Å². The van der Waals surface area contributed by atoms with Crippen molar-refractivity contribution in [3.05, 3.63) is 48.0 Å². The molecule has 2 N–H and O–H groups in total. The maximum absolute atomic E-state index is 4.53. The monoisotopic (exact) mass is 231 g/mol. The topological polar surface area (TPSA) is 36.4 Å². The van der Waals surface area contributed by atoms with Gasteiger partial charge in [0.2, 0.25) is 0 Å². The lowest BCUT2D eigenvalue weighted by molar-refractivity contribution is 0.859. The van der Waals surface area contributed by atoms with Crippen molar-refractivity contribution in [1.82, 2.24) is 10.6 Å². The van der Waals surface area contributed by atoms with E-state index in [1.165, 1.54) is 11.1 Å². The number of aryl methyl sites for hydroxylation is 1. The molecule has 0 saturated heterocycles. The number of hydrogen-bond acceptors (Lipinski definition) is 1. The average Bonchev–Trinajstić information content (AvgIpc) is 2.34. The number of guanidine groups is 1. The third-order valence-corrected chi connectivity index (χ3v) is 2.43. The summed E-state index contributed by atoms with van der Waals surface area (Å²) < 4.78 is 0. The quantitative estimate of drug-likeness (QED) is 0.463. The summed E-state index contributed by atoms with van der Waals surface area (Å²) in [7, 11) is 0. The van der Waals surface area contributed by atoms with Crippen LogP contribution in [0.2, 0.25) is 0 Å². The highest BCUT2D eigenvalue weighted by Gasteiger charge is 1.97. The van der Waals surface area contributed by atoms with Crippen molar-refractivity contribution in [2.24, 2.45) is 4.99 Å². The van der Waals surface area contributed by atoms with E-state index in [1.54, 1.807) is 0 Å². The van der Waals surface area contributed by atoms with Crippen molar-refractivity contribution in [1.29, 1.82) is 0 Å². The Bertz CT molecular complexity index is 383. The van der Waals surface area contributed by atoms with Crippen LogP contribution >= 0.6 is 0 Å². The minimum Gasteiger partial charge on any atom is -0.357 e. The van der Waals surface area contributed by atoms with Gasteiger partial charge in [-0.3, -0.25) is 0 Å². The standard InChI is InChI=1S/C14H21N3/c1-4-10-16-14(15-5-2)17-11-13-9-7-6-8-12(13)3/h4,6-9H,1,5,10-11H2,2-3H3,(H2,15,16,17). The first kappa shape index (κ1) is 13.3. The van der Waals surface area contributed by atoms with Gasteiger partial charge in [0, 0.05) is 13.1 Å². The van der Waals surface area contributed by atoms with E-state index in [1.807, 2.05) is 18.2 Å². The first-order chi connectivity index (χ1) is 8.27. The SMILES string of the molecule is C=CCNC(=NCc1ccccc1C)NCC. The molecule has 3 heteroatoms. The molecule has 0 aliphatic rings. The summed E-state index contributed by atoms with van der Waals surface area (Å²) in [5, 5.41) is 6.38. The van der Waals surface area contributed by atoms with Crippen molar-refractivity contribution in [3.8, 4) is 0 Å². The van der Waals surface area contributed by atoms with E-state index >= 15 is 0 Å². The van der Waals surface area contributed by atoms with Gasteiger partial charge in [0.05, 0.1) is 6.54 Å². The van der Waals surface area contributed by atoms with Crippen LogP contribution in [0.3, 0.4) is 0 Å².